The minimum absolute atomic E-state index is 0.409. The van der Waals surface area contributed by atoms with E-state index in [9.17, 15) is 0 Å². The normalized spacial score (nSPS) is 20.3. The Morgan fingerprint density at radius 1 is 1.24 bits per heavy atom. The van der Waals surface area contributed by atoms with Gasteiger partial charge in [0, 0.05) is 37.9 Å². The van der Waals surface area contributed by atoms with Gasteiger partial charge in [0.1, 0.15) is 5.75 Å². The molecule has 1 saturated heterocycles. The van der Waals surface area contributed by atoms with Crippen molar-refractivity contribution in [1.82, 2.24) is 25.3 Å². The molecular formula is C22H34N6O. The summed E-state index contributed by atoms with van der Waals surface area (Å²) in [5.74, 6) is 2.29. The number of hydrogen-bond donors (Lipinski definition) is 2. The van der Waals surface area contributed by atoms with Crippen LogP contribution >= 0.6 is 0 Å². The number of likely N-dealkylation sites (tertiary alicyclic amines) is 1. The Morgan fingerprint density at radius 3 is 2.62 bits per heavy atom. The summed E-state index contributed by atoms with van der Waals surface area (Å²) in [6.45, 7) is 12.5. The number of nitrogens with zero attached hydrogens (tertiary/aromatic N) is 4. The van der Waals surface area contributed by atoms with Crippen molar-refractivity contribution in [2.45, 2.75) is 46.3 Å². The van der Waals surface area contributed by atoms with E-state index in [0.717, 1.165) is 42.7 Å². The molecule has 2 unspecified atom stereocenters. The van der Waals surface area contributed by atoms with Crippen molar-refractivity contribution in [2.24, 2.45) is 10.9 Å². The van der Waals surface area contributed by atoms with Crippen molar-refractivity contribution >= 4 is 5.96 Å². The molecule has 0 amide bonds. The zero-order valence-corrected chi connectivity index (χ0v) is 18.2. The Balaban J connectivity index is 1.63. The van der Waals surface area contributed by atoms with E-state index in [0.29, 0.717) is 24.5 Å². The first-order valence-electron chi connectivity index (χ1n) is 10.5. The van der Waals surface area contributed by atoms with Gasteiger partial charge in [0.25, 0.3) is 0 Å². The lowest BCUT2D eigenvalue weighted by Gasteiger charge is -2.21. The van der Waals surface area contributed by atoms with Gasteiger partial charge >= 0.3 is 0 Å². The zero-order valence-electron chi connectivity index (χ0n) is 18.2. The SMILES string of the molecule is CCNC(=NCc1ccn(-c2ccc(OC)cc2)n1)NC1CN(C(C)C)CC1C. The first kappa shape index (κ1) is 21.2. The van der Waals surface area contributed by atoms with Crippen molar-refractivity contribution in [3.8, 4) is 11.4 Å². The van der Waals surface area contributed by atoms with Crippen molar-refractivity contribution in [3.63, 3.8) is 0 Å². The van der Waals surface area contributed by atoms with Crippen LogP contribution in [0, 0.1) is 5.92 Å². The van der Waals surface area contributed by atoms with E-state index in [1.165, 1.54) is 0 Å². The molecule has 1 fully saturated rings. The maximum Gasteiger partial charge on any atom is 0.191 e. The van der Waals surface area contributed by atoms with Gasteiger partial charge in [0.2, 0.25) is 0 Å². The molecule has 1 aliphatic rings. The number of benzene rings is 1. The molecule has 158 valence electrons. The number of rotatable bonds is 7. The molecule has 1 aromatic carbocycles. The number of aliphatic imine (C=N–C) groups is 1. The zero-order chi connectivity index (χ0) is 20.8. The van der Waals surface area contributed by atoms with Crippen LogP contribution in [0.4, 0.5) is 0 Å². The van der Waals surface area contributed by atoms with Crippen molar-refractivity contribution in [1.29, 1.82) is 0 Å². The summed E-state index contributed by atoms with van der Waals surface area (Å²) in [5.41, 5.74) is 1.93. The Kier molecular flexibility index (Phi) is 7.14. The molecule has 2 heterocycles. The Hall–Kier alpha value is -2.54. The predicted molar refractivity (Wildman–Crippen MR) is 118 cm³/mol. The van der Waals surface area contributed by atoms with Crippen LogP contribution in [0.5, 0.6) is 5.75 Å². The lowest BCUT2D eigenvalue weighted by atomic mass is 10.1. The van der Waals surface area contributed by atoms with Gasteiger partial charge in [-0.25, -0.2) is 9.67 Å². The Labute approximate surface area is 174 Å². The minimum atomic E-state index is 0.409. The molecule has 1 aromatic heterocycles. The van der Waals surface area contributed by atoms with E-state index < -0.39 is 0 Å². The minimum Gasteiger partial charge on any atom is -0.497 e. The first-order valence-corrected chi connectivity index (χ1v) is 10.5. The average molecular weight is 399 g/mol. The fourth-order valence-electron chi connectivity index (χ4n) is 3.59. The molecule has 2 N–H and O–H groups in total. The molecule has 29 heavy (non-hydrogen) atoms. The molecule has 0 radical (unpaired) electrons. The third-order valence-corrected chi connectivity index (χ3v) is 5.42. The summed E-state index contributed by atoms with van der Waals surface area (Å²) in [4.78, 5) is 7.28. The Morgan fingerprint density at radius 2 is 2.00 bits per heavy atom. The highest BCUT2D eigenvalue weighted by Crippen LogP contribution is 2.19. The molecule has 0 aliphatic carbocycles. The average Bonchev–Trinajstić information content (AvgIpc) is 3.33. The van der Waals surface area contributed by atoms with Crippen LogP contribution in [0.3, 0.4) is 0 Å². The molecule has 0 saturated carbocycles. The summed E-state index contributed by atoms with van der Waals surface area (Å²) in [7, 11) is 1.67. The molecule has 1 aliphatic heterocycles. The molecule has 0 spiro atoms. The first-order chi connectivity index (χ1) is 14.0. The largest absolute Gasteiger partial charge is 0.497 e. The van der Waals surface area contributed by atoms with Gasteiger partial charge in [-0.15, -0.1) is 0 Å². The topological polar surface area (TPSA) is 66.7 Å². The van der Waals surface area contributed by atoms with E-state index in [-0.39, 0.29) is 0 Å². The van der Waals surface area contributed by atoms with E-state index in [1.807, 2.05) is 41.2 Å². The number of guanidine groups is 1. The van der Waals surface area contributed by atoms with Gasteiger partial charge in [0.15, 0.2) is 5.96 Å². The Bertz CT molecular complexity index is 798. The standard InChI is InChI=1S/C22H34N6O/c1-6-23-22(25-21-15-27(16(2)3)14-17(21)4)24-13-18-11-12-28(26-18)19-7-9-20(29-5)10-8-19/h7-12,16-17,21H,6,13-15H2,1-5H3,(H2,23,24,25). The van der Waals surface area contributed by atoms with Crippen LogP contribution in [0.15, 0.2) is 41.5 Å². The highest BCUT2D eigenvalue weighted by atomic mass is 16.5. The van der Waals surface area contributed by atoms with Crippen LogP contribution in [0.25, 0.3) is 5.69 Å². The second kappa shape index (κ2) is 9.78. The van der Waals surface area contributed by atoms with E-state index in [4.69, 9.17) is 9.73 Å². The van der Waals surface area contributed by atoms with Gasteiger partial charge in [-0.05, 0) is 57.0 Å². The van der Waals surface area contributed by atoms with Crippen LogP contribution in [0.1, 0.15) is 33.4 Å². The smallest absolute Gasteiger partial charge is 0.191 e. The lowest BCUT2D eigenvalue weighted by Crippen LogP contribution is -2.46. The maximum absolute atomic E-state index is 5.22. The van der Waals surface area contributed by atoms with Gasteiger partial charge in [-0.1, -0.05) is 6.92 Å². The third kappa shape index (κ3) is 5.50. The summed E-state index contributed by atoms with van der Waals surface area (Å²) < 4.78 is 7.08. The maximum atomic E-state index is 5.22. The molecule has 3 rings (SSSR count). The van der Waals surface area contributed by atoms with Crippen molar-refractivity contribution in [2.75, 3.05) is 26.7 Å². The van der Waals surface area contributed by atoms with Crippen molar-refractivity contribution < 1.29 is 4.74 Å². The fraction of sp³-hybridized carbons (Fsp3) is 0.545. The fourth-order valence-corrected chi connectivity index (χ4v) is 3.59. The summed E-state index contributed by atoms with van der Waals surface area (Å²) >= 11 is 0. The van der Waals surface area contributed by atoms with E-state index >= 15 is 0 Å². The number of nitrogens with one attached hydrogen (secondary N) is 2. The molecular weight excluding hydrogens is 364 g/mol. The number of aromatic nitrogens is 2. The number of hydrogen-bond acceptors (Lipinski definition) is 4. The monoisotopic (exact) mass is 398 g/mol. The molecule has 2 atom stereocenters. The molecule has 7 nitrogen and oxygen atoms in total. The van der Waals surface area contributed by atoms with Gasteiger partial charge in [-0.3, -0.25) is 4.90 Å². The molecule has 2 aromatic rings. The summed E-state index contributed by atoms with van der Waals surface area (Å²) in [6, 6.07) is 10.9. The van der Waals surface area contributed by atoms with Gasteiger partial charge in [0.05, 0.1) is 25.0 Å². The second-order valence-electron chi connectivity index (χ2n) is 7.92. The lowest BCUT2D eigenvalue weighted by molar-refractivity contribution is 0.265. The van der Waals surface area contributed by atoms with Crippen LogP contribution in [0.2, 0.25) is 0 Å². The van der Waals surface area contributed by atoms with Crippen LogP contribution in [-0.4, -0.2) is 59.5 Å². The van der Waals surface area contributed by atoms with Gasteiger partial charge < -0.3 is 15.4 Å². The summed E-state index contributed by atoms with van der Waals surface area (Å²) in [5, 5.41) is 11.6. The van der Waals surface area contributed by atoms with E-state index in [1.54, 1.807) is 7.11 Å². The summed E-state index contributed by atoms with van der Waals surface area (Å²) in [6.07, 6.45) is 1.96. The van der Waals surface area contributed by atoms with E-state index in [2.05, 4.69) is 48.3 Å². The second-order valence-corrected chi connectivity index (χ2v) is 7.92. The number of methoxy groups -OCH3 is 1. The van der Waals surface area contributed by atoms with Crippen molar-refractivity contribution in [3.05, 3.63) is 42.2 Å². The van der Waals surface area contributed by atoms with Crippen LogP contribution < -0.4 is 15.4 Å². The molecule has 7 heteroatoms. The third-order valence-electron chi connectivity index (χ3n) is 5.42. The highest BCUT2D eigenvalue weighted by Gasteiger charge is 2.31. The van der Waals surface area contributed by atoms with Crippen LogP contribution in [-0.2, 0) is 6.54 Å². The highest BCUT2D eigenvalue weighted by molar-refractivity contribution is 5.80. The number of ether oxygens (including phenoxy) is 1. The molecule has 0 bridgehead atoms. The predicted octanol–water partition coefficient (Wildman–Crippen LogP) is 2.66. The van der Waals surface area contributed by atoms with Gasteiger partial charge in [-0.2, -0.15) is 5.10 Å². The quantitative estimate of drug-likeness (QED) is 0.554.